The zero-order chi connectivity index (χ0) is 13.2. The maximum absolute atomic E-state index is 3.72. The van der Waals surface area contributed by atoms with E-state index in [2.05, 4.69) is 58.8 Å². The molecule has 0 spiro atoms. The van der Waals surface area contributed by atoms with Gasteiger partial charge < -0.3 is 5.32 Å². The van der Waals surface area contributed by atoms with E-state index in [9.17, 15) is 0 Å². The van der Waals surface area contributed by atoms with Crippen molar-refractivity contribution in [3.63, 3.8) is 0 Å². The molecule has 0 radical (unpaired) electrons. The maximum atomic E-state index is 3.72. The SMILES string of the molecule is CCNC1C(N(C)C(C)C(C)C)CCC1(C)C. The lowest BCUT2D eigenvalue weighted by Crippen LogP contribution is -2.53. The zero-order valence-corrected chi connectivity index (χ0v) is 12.9. The minimum Gasteiger partial charge on any atom is -0.312 e. The molecule has 2 nitrogen and oxygen atoms in total. The topological polar surface area (TPSA) is 15.3 Å². The third-order valence-corrected chi connectivity index (χ3v) is 4.87. The Morgan fingerprint density at radius 3 is 2.35 bits per heavy atom. The molecule has 3 unspecified atom stereocenters. The Bertz CT molecular complexity index is 235. The molecule has 0 aromatic rings. The molecule has 17 heavy (non-hydrogen) atoms. The summed E-state index contributed by atoms with van der Waals surface area (Å²) in [6.07, 6.45) is 2.67. The largest absolute Gasteiger partial charge is 0.312 e. The first-order chi connectivity index (χ1) is 7.81. The van der Waals surface area contributed by atoms with Crippen molar-refractivity contribution in [2.45, 2.75) is 72.5 Å². The Morgan fingerprint density at radius 2 is 1.88 bits per heavy atom. The number of nitrogens with zero attached hydrogens (tertiary/aromatic N) is 1. The summed E-state index contributed by atoms with van der Waals surface area (Å²) in [5.74, 6) is 0.728. The molecular weight excluding hydrogens is 208 g/mol. The van der Waals surface area contributed by atoms with E-state index in [-0.39, 0.29) is 0 Å². The summed E-state index contributed by atoms with van der Waals surface area (Å²) in [4.78, 5) is 2.60. The molecule has 2 heteroatoms. The predicted molar refractivity (Wildman–Crippen MR) is 76.3 cm³/mol. The molecule has 1 rings (SSSR count). The molecule has 1 fully saturated rings. The fourth-order valence-corrected chi connectivity index (χ4v) is 3.21. The van der Waals surface area contributed by atoms with Gasteiger partial charge in [-0.05, 0) is 44.7 Å². The standard InChI is InChI=1S/C15H32N2/c1-8-16-14-13(9-10-15(14,5)6)17(7)12(4)11(2)3/h11-14,16H,8-10H2,1-7H3. The van der Waals surface area contributed by atoms with Crippen molar-refractivity contribution in [1.82, 2.24) is 10.2 Å². The summed E-state index contributed by atoms with van der Waals surface area (Å²) in [7, 11) is 2.31. The summed E-state index contributed by atoms with van der Waals surface area (Å²) in [5.41, 5.74) is 0.436. The second kappa shape index (κ2) is 5.71. The van der Waals surface area contributed by atoms with Gasteiger partial charge in [0.25, 0.3) is 0 Å². The Kier molecular flexibility index (Phi) is 5.03. The van der Waals surface area contributed by atoms with Crippen LogP contribution in [0.3, 0.4) is 0 Å². The highest BCUT2D eigenvalue weighted by Crippen LogP contribution is 2.40. The van der Waals surface area contributed by atoms with E-state index in [1.165, 1.54) is 12.8 Å². The van der Waals surface area contributed by atoms with Gasteiger partial charge in [0.15, 0.2) is 0 Å². The van der Waals surface area contributed by atoms with E-state index >= 15 is 0 Å². The smallest absolute Gasteiger partial charge is 0.0274 e. The molecule has 1 aliphatic rings. The van der Waals surface area contributed by atoms with Gasteiger partial charge >= 0.3 is 0 Å². The van der Waals surface area contributed by atoms with E-state index in [1.807, 2.05) is 0 Å². The third-order valence-electron chi connectivity index (χ3n) is 4.87. The minimum atomic E-state index is 0.436. The van der Waals surface area contributed by atoms with Crippen molar-refractivity contribution in [2.75, 3.05) is 13.6 Å². The van der Waals surface area contributed by atoms with Crippen LogP contribution in [-0.4, -0.2) is 36.6 Å². The highest BCUT2D eigenvalue weighted by molar-refractivity contribution is 5.01. The molecule has 0 bridgehead atoms. The predicted octanol–water partition coefficient (Wildman–Crippen LogP) is 3.13. The van der Waals surface area contributed by atoms with Gasteiger partial charge in [0.2, 0.25) is 0 Å². The van der Waals surface area contributed by atoms with E-state index < -0.39 is 0 Å². The molecule has 0 aliphatic heterocycles. The van der Waals surface area contributed by atoms with E-state index in [4.69, 9.17) is 0 Å². The van der Waals surface area contributed by atoms with Gasteiger partial charge in [-0.15, -0.1) is 0 Å². The van der Waals surface area contributed by atoms with Crippen LogP contribution in [0.25, 0.3) is 0 Å². The van der Waals surface area contributed by atoms with Gasteiger partial charge in [0.1, 0.15) is 0 Å². The normalized spacial score (nSPS) is 30.2. The van der Waals surface area contributed by atoms with Crippen molar-refractivity contribution in [3.05, 3.63) is 0 Å². The number of hydrogen-bond donors (Lipinski definition) is 1. The first-order valence-corrected chi connectivity index (χ1v) is 7.26. The van der Waals surface area contributed by atoms with Crippen molar-refractivity contribution in [3.8, 4) is 0 Å². The molecule has 0 heterocycles. The molecule has 0 amide bonds. The molecule has 3 atom stereocenters. The van der Waals surface area contributed by atoms with Crippen LogP contribution in [0.5, 0.6) is 0 Å². The van der Waals surface area contributed by atoms with Crippen molar-refractivity contribution >= 4 is 0 Å². The van der Waals surface area contributed by atoms with Crippen LogP contribution >= 0.6 is 0 Å². The van der Waals surface area contributed by atoms with Gasteiger partial charge in [-0.25, -0.2) is 0 Å². The van der Waals surface area contributed by atoms with Gasteiger partial charge in [0, 0.05) is 18.1 Å². The van der Waals surface area contributed by atoms with Gasteiger partial charge in [0.05, 0.1) is 0 Å². The molecule has 1 N–H and O–H groups in total. The van der Waals surface area contributed by atoms with Crippen LogP contribution in [0.2, 0.25) is 0 Å². The summed E-state index contributed by atoms with van der Waals surface area (Å²) in [5, 5.41) is 3.72. The average molecular weight is 240 g/mol. The lowest BCUT2D eigenvalue weighted by molar-refractivity contribution is 0.113. The quantitative estimate of drug-likeness (QED) is 0.794. The van der Waals surface area contributed by atoms with Gasteiger partial charge in [-0.2, -0.15) is 0 Å². The lowest BCUT2D eigenvalue weighted by atomic mass is 9.86. The molecular formula is C15H32N2. The monoisotopic (exact) mass is 240 g/mol. The lowest BCUT2D eigenvalue weighted by Gasteiger charge is -2.40. The Labute approximate surface area is 108 Å². The molecule has 1 aliphatic carbocycles. The number of nitrogens with one attached hydrogen (secondary N) is 1. The van der Waals surface area contributed by atoms with Crippen molar-refractivity contribution in [1.29, 1.82) is 0 Å². The summed E-state index contributed by atoms with van der Waals surface area (Å²) >= 11 is 0. The molecule has 0 aromatic heterocycles. The highest BCUT2D eigenvalue weighted by Gasteiger charge is 2.43. The summed E-state index contributed by atoms with van der Waals surface area (Å²) < 4.78 is 0. The van der Waals surface area contributed by atoms with Crippen molar-refractivity contribution in [2.24, 2.45) is 11.3 Å². The zero-order valence-electron chi connectivity index (χ0n) is 12.9. The summed E-state index contributed by atoms with van der Waals surface area (Å²) in [6.45, 7) is 15.1. The fraction of sp³-hybridized carbons (Fsp3) is 1.00. The fourth-order valence-electron chi connectivity index (χ4n) is 3.21. The van der Waals surface area contributed by atoms with Crippen LogP contribution in [-0.2, 0) is 0 Å². The third kappa shape index (κ3) is 3.23. The molecule has 0 saturated heterocycles. The first kappa shape index (κ1) is 15.0. The Hall–Kier alpha value is -0.0800. The number of hydrogen-bond acceptors (Lipinski definition) is 2. The second-order valence-electron chi connectivity index (χ2n) is 6.78. The Balaban J connectivity index is 2.76. The average Bonchev–Trinajstić information content (AvgIpc) is 2.53. The van der Waals surface area contributed by atoms with Crippen LogP contribution in [0.4, 0.5) is 0 Å². The number of likely N-dealkylation sites (N-methyl/N-ethyl adjacent to an activating group) is 2. The van der Waals surface area contributed by atoms with Gasteiger partial charge in [-0.3, -0.25) is 4.90 Å². The highest BCUT2D eigenvalue weighted by atomic mass is 15.2. The molecule has 0 aromatic carbocycles. The minimum absolute atomic E-state index is 0.436. The van der Waals surface area contributed by atoms with E-state index in [1.54, 1.807) is 0 Å². The van der Waals surface area contributed by atoms with Crippen LogP contribution in [0.1, 0.15) is 54.4 Å². The Morgan fingerprint density at radius 1 is 1.29 bits per heavy atom. The van der Waals surface area contributed by atoms with Crippen molar-refractivity contribution < 1.29 is 0 Å². The second-order valence-corrected chi connectivity index (χ2v) is 6.78. The molecule has 102 valence electrons. The van der Waals surface area contributed by atoms with E-state index in [0.717, 1.165) is 12.5 Å². The molecule has 1 saturated carbocycles. The van der Waals surface area contributed by atoms with Crippen LogP contribution in [0.15, 0.2) is 0 Å². The first-order valence-electron chi connectivity index (χ1n) is 7.26. The maximum Gasteiger partial charge on any atom is 0.0274 e. The van der Waals surface area contributed by atoms with Crippen LogP contribution in [0, 0.1) is 11.3 Å². The summed E-state index contributed by atoms with van der Waals surface area (Å²) in [6, 6.07) is 2.00. The van der Waals surface area contributed by atoms with Crippen LogP contribution < -0.4 is 5.32 Å². The van der Waals surface area contributed by atoms with Gasteiger partial charge in [-0.1, -0.05) is 34.6 Å². The number of rotatable bonds is 5. The van der Waals surface area contributed by atoms with E-state index in [0.29, 0.717) is 23.5 Å².